The quantitative estimate of drug-likeness (QED) is 0.688. The first-order valence-electron chi connectivity index (χ1n) is 8.92. The van der Waals surface area contributed by atoms with E-state index in [1.54, 1.807) is 20.0 Å². The molecule has 2 aromatic heterocycles. The minimum Gasteiger partial charge on any atom is -0.339 e. The van der Waals surface area contributed by atoms with Crippen LogP contribution in [0.15, 0.2) is 34.9 Å². The van der Waals surface area contributed by atoms with Crippen LogP contribution in [0.4, 0.5) is 13.2 Å². The average molecular weight is 407 g/mol. The Morgan fingerprint density at radius 3 is 2.55 bits per heavy atom. The van der Waals surface area contributed by atoms with Crippen LogP contribution in [0.1, 0.15) is 60.4 Å². The number of halogens is 3. The summed E-state index contributed by atoms with van der Waals surface area (Å²) in [6, 6.07) is 5.69. The van der Waals surface area contributed by atoms with Gasteiger partial charge in [0.15, 0.2) is 0 Å². The van der Waals surface area contributed by atoms with Crippen LogP contribution in [-0.2, 0) is 13.2 Å². The zero-order valence-electron chi connectivity index (χ0n) is 16.3. The van der Waals surface area contributed by atoms with Crippen molar-refractivity contribution in [3.63, 3.8) is 0 Å². The average Bonchev–Trinajstić information content (AvgIpc) is 3.28. The standard InChI is InChI=1S/C19H20F3N5O2/c1-10(2)14-9-15(27(4)25-14)17(28)23-11(3)18-24-16(26-29-18)12-6-5-7-13(8-12)19(20,21)22/h5-11H,1-4H3,(H,23,28)/t11-/m1/s1. The summed E-state index contributed by atoms with van der Waals surface area (Å²) in [5, 5.41) is 10.8. The smallest absolute Gasteiger partial charge is 0.339 e. The van der Waals surface area contributed by atoms with E-state index in [1.807, 2.05) is 13.8 Å². The molecule has 0 spiro atoms. The van der Waals surface area contributed by atoms with Gasteiger partial charge in [-0.15, -0.1) is 0 Å². The molecule has 0 radical (unpaired) electrons. The predicted molar refractivity (Wildman–Crippen MR) is 97.9 cm³/mol. The van der Waals surface area contributed by atoms with Gasteiger partial charge >= 0.3 is 6.18 Å². The third-order valence-corrected chi connectivity index (χ3v) is 4.33. The molecule has 0 saturated carbocycles. The van der Waals surface area contributed by atoms with Crippen LogP contribution in [-0.4, -0.2) is 25.8 Å². The Balaban J connectivity index is 1.76. The van der Waals surface area contributed by atoms with Crippen molar-refractivity contribution in [3.8, 4) is 11.4 Å². The van der Waals surface area contributed by atoms with Gasteiger partial charge in [-0.05, 0) is 31.0 Å². The van der Waals surface area contributed by atoms with Gasteiger partial charge in [0.1, 0.15) is 11.7 Å². The fourth-order valence-corrected chi connectivity index (χ4v) is 2.68. The number of aryl methyl sites for hydroxylation is 1. The Bertz CT molecular complexity index is 1020. The van der Waals surface area contributed by atoms with E-state index < -0.39 is 17.8 Å². The van der Waals surface area contributed by atoms with Gasteiger partial charge in [-0.25, -0.2) is 0 Å². The van der Waals surface area contributed by atoms with E-state index in [-0.39, 0.29) is 29.1 Å². The number of aromatic nitrogens is 4. The highest BCUT2D eigenvalue weighted by atomic mass is 19.4. The Labute approximate surface area is 164 Å². The molecule has 7 nitrogen and oxygen atoms in total. The van der Waals surface area contributed by atoms with Crippen molar-refractivity contribution in [1.82, 2.24) is 25.2 Å². The Hall–Kier alpha value is -3.17. The number of alkyl halides is 3. The molecule has 0 aliphatic heterocycles. The Morgan fingerprint density at radius 2 is 1.93 bits per heavy atom. The molecule has 0 unspecified atom stereocenters. The number of rotatable bonds is 5. The van der Waals surface area contributed by atoms with Crippen LogP contribution in [0.2, 0.25) is 0 Å². The van der Waals surface area contributed by atoms with Crippen LogP contribution < -0.4 is 5.32 Å². The Morgan fingerprint density at radius 1 is 1.21 bits per heavy atom. The van der Waals surface area contributed by atoms with Gasteiger partial charge in [-0.1, -0.05) is 31.1 Å². The fraction of sp³-hybridized carbons (Fsp3) is 0.368. The molecule has 0 fully saturated rings. The molecule has 154 valence electrons. The highest BCUT2D eigenvalue weighted by Crippen LogP contribution is 2.31. The monoisotopic (exact) mass is 407 g/mol. The normalized spacial score (nSPS) is 13.0. The number of benzene rings is 1. The van der Waals surface area contributed by atoms with Crippen LogP contribution in [0, 0.1) is 0 Å². The second kappa shape index (κ2) is 7.69. The first kappa shape index (κ1) is 20.6. The molecule has 2 heterocycles. The number of nitrogens with zero attached hydrogens (tertiary/aromatic N) is 4. The van der Waals surface area contributed by atoms with Gasteiger partial charge in [-0.3, -0.25) is 9.48 Å². The summed E-state index contributed by atoms with van der Waals surface area (Å²) < 4.78 is 45.3. The van der Waals surface area contributed by atoms with E-state index in [0.29, 0.717) is 5.69 Å². The molecule has 1 N–H and O–H groups in total. The number of nitrogens with one attached hydrogen (secondary N) is 1. The topological polar surface area (TPSA) is 85.8 Å². The molecule has 1 atom stereocenters. The second-order valence-electron chi connectivity index (χ2n) is 6.96. The molecule has 0 saturated heterocycles. The molecule has 0 aliphatic carbocycles. The molecule has 1 amide bonds. The summed E-state index contributed by atoms with van der Waals surface area (Å²) in [7, 11) is 1.67. The van der Waals surface area contributed by atoms with E-state index in [1.165, 1.54) is 16.8 Å². The second-order valence-corrected chi connectivity index (χ2v) is 6.96. The first-order chi connectivity index (χ1) is 13.6. The van der Waals surface area contributed by atoms with Crippen LogP contribution in [0.5, 0.6) is 0 Å². The lowest BCUT2D eigenvalue weighted by Gasteiger charge is -2.09. The van der Waals surface area contributed by atoms with Crippen LogP contribution >= 0.6 is 0 Å². The molecular weight excluding hydrogens is 387 g/mol. The number of carbonyl (C=O) groups is 1. The van der Waals surface area contributed by atoms with Crippen molar-refractivity contribution >= 4 is 5.91 Å². The molecule has 29 heavy (non-hydrogen) atoms. The predicted octanol–water partition coefficient (Wildman–Crippen LogP) is 4.10. The van der Waals surface area contributed by atoms with Gasteiger partial charge in [0, 0.05) is 12.6 Å². The lowest BCUT2D eigenvalue weighted by molar-refractivity contribution is -0.137. The third-order valence-electron chi connectivity index (χ3n) is 4.33. The summed E-state index contributed by atoms with van der Waals surface area (Å²) in [5.41, 5.74) is 0.523. The largest absolute Gasteiger partial charge is 0.416 e. The van der Waals surface area contributed by atoms with Gasteiger partial charge in [0.2, 0.25) is 11.7 Å². The lowest BCUT2D eigenvalue weighted by atomic mass is 10.1. The molecular formula is C19H20F3N5O2. The van der Waals surface area contributed by atoms with Crippen molar-refractivity contribution in [2.45, 2.75) is 38.9 Å². The van der Waals surface area contributed by atoms with Gasteiger partial charge in [0.25, 0.3) is 5.91 Å². The summed E-state index contributed by atoms with van der Waals surface area (Å²) in [4.78, 5) is 16.7. The van der Waals surface area contributed by atoms with Crippen molar-refractivity contribution in [1.29, 1.82) is 0 Å². The zero-order chi connectivity index (χ0) is 21.3. The number of amides is 1. The van der Waals surface area contributed by atoms with Crippen molar-refractivity contribution in [2.75, 3.05) is 0 Å². The first-order valence-corrected chi connectivity index (χ1v) is 8.92. The summed E-state index contributed by atoms with van der Waals surface area (Å²) in [5.74, 6) is -0.115. The molecule has 0 bridgehead atoms. The van der Waals surface area contributed by atoms with Gasteiger partial charge in [-0.2, -0.15) is 23.3 Å². The van der Waals surface area contributed by atoms with Crippen molar-refractivity contribution in [2.24, 2.45) is 7.05 Å². The van der Waals surface area contributed by atoms with Crippen LogP contribution in [0.3, 0.4) is 0 Å². The third kappa shape index (κ3) is 4.47. The van der Waals surface area contributed by atoms with Gasteiger partial charge in [0.05, 0.1) is 11.3 Å². The number of carbonyl (C=O) groups excluding carboxylic acids is 1. The minimum atomic E-state index is -4.47. The minimum absolute atomic E-state index is 0.00910. The molecule has 0 aliphatic rings. The fourth-order valence-electron chi connectivity index (χ4n) is 2.68. The van der Waals surface area contributed by atoms with Gasteiger partial charge < -0.3 is 9.84 Å². The SMILES string of the molecule is CC(C)c1cc(C(=O)N[C@H](C)c2nc(-c3cccc(C(F)(F)F)c3)no2)n(C)n1. The van der Waals surface area contributed by atoms with E-state index in [9.17, 15) is 18.0 Å². The maximum absolute atomic E-state index is 12.9. The van der Waals surface area contributed by atoms with Crippen LogP contribution in [0.25, 0.3) is 11.4 Å². The van der Waals surface area contributed by atoms with E-state index in [0.717, 1.165) is 17.8 Å². The Kier molecular flexibility index (Phi) is 5.45. The molecule has 3 aromatic rings. The zero-order valence-corrected chi connectivity index (χ0v) is 16.3. The molecule has 3 rings (SSSR count). The van der Waals surface area contributed by atoms with E-state index in [4.69, 9.17) is 4.52 Å². The molecule has 1 aromatic carbocycles. The summed E-state index contributed by atoms with van der Waals surface area (Å²) in [6.45, 7) is 5.59. The maximum atomic E-state index is 12.9. The highest BCUT2D eigenvalue weighted by molar-refractivity contribution is 5.92. The highest BCUT2D eigenvalue weighted by Gasteiger charge is 2.31. The summed E-state index contributed by atoms with van der Waals surface area (Å²) in [6.07, 6.45) is -4.47. The number of hydrogen-bond donors (Lipinski definition) is 1. The van der Waals surface area contributed by atoms with E-state index in [2.05, 4.69) is 20.6 Å². The molecule has 10 heteroatoms. The number of hydrogen-bond acceptors (Lipinski definition) is 5. The van der Waals surface area contributed by atoms with Crippen molar-refractivity contribution < 1.29 is 22.5 Å². The maximum Gasteiger partial charge on any atom is 0.416 e. The van der Waals surface area contributed by atoms with E-state index >= 15 is 0 Å². The van der Waals surface area contributed by atoms with Crippen molar-refractivity contribution in [3.05, 3.63) is 53.2 Å². The lowest BCUT2D eigenvalue weighted by Crippen LogP contribution is -2.28. The summed E-state index contributed by atoms with van der Waals surface area (Å²) >= 11 is 0.